The predicted octanol–water partition coefficient (Wildman–Crippen LogP) is 5.35. The molecule has 0 unspecified atom stereocenters. The largest absolute Gasteiger partial charge is 0.493 e. The van der Waals surface area contributed by atoms with E-state index in [1.807, 2.05) is 25.1 Å². The quantitative estimate of drug-likeness (QED) is 0.336. The Bertz CT molecular complexity index is 1460. The van der Waals surface area contributed by atoms with Crippen molar-refractivity contribution >= 4 is 63.8 Å². The van der Waals surface area contributed by atoms with Crippen LogP contribution in [-0.4, -0.2) is 48.1 Å². The van der Waals surface area contributed by atoms with Gasteiger partial charge in [-0.2, -0.15) is 0 Å². The first-order valence-electron chi connectivity index (χ1n) is 11.7. The zero-order valence-electron chi connectivity index (χ0n) is 21.0. The smallest absolute Gasteiger partial charge is 0.294 e. The molecule has 0 aromatic heterocycles. The van der Waals surface area contributed by atoms with Gasteiger partial charge in [0.05, 0.1) is 12.0 Å². The Morgan fingerprint density at radius 2 is 1.69 bits per heavy atom. The van der Waals surface area contributed by atoms with Gasteiger partial charge < -0.3 is 20.1 Å². The number of carbonyl (C=O) groups is 4. The molecule has 0 saturated carbocycles. The number of halogens is 1. The molecular weight excluding hydrogens is 542 g/mol. The molecule has 200 valence electrons. The van der Waals surface area contributed by atoms with Crippen LogP contribution in [0.5, 0.6) is 11.5 Å². The van der Waals surface area contributed by atoms with Gasteiger partial charge in [-0.05, 0) is 72.3 Å². The van der Waals surface area contributed by atoms with Crippen LogP contribution in [-0.2, 0) is 14.4 Å². The van der Waals surface area contributed by atoms with Gasteiger partial charge in [0.1, 0.15) is 6.54 Å². The summed E-state index contributed by atoms with van der Waals surface area (Å²) in [5.41, 5.74) is 2.54. The first-order valence-corrected chi connectivity index (χ1v) is 12.9. The lowest BCUT2D eigenvalue weighted by molar-refractivity contribution is -0.127. The van der Waals surface area contributed by atoms with Gasteiger partial charge in [-0.15, -0.1) is 0 Å². The fraction of sp³-hybridized carbons (Fsp3) is 0.143. The lowest BCUT2D eigenvalue weighted by Gasteiger charge is -2.13. The van der Waals surface area contributed by atoms with Crippen LogP contribution < -0.4 is 20.1 Å². The van der Waals surface area contributed by atoms with Crippen LogP contribution >= 0.6 is 23.4 Å². The number of imide groups is 1. The van der Waals surface area contributed by atoms with Gasteiger partial charge in [0.2, 0.25) is 5.91 Å². The second-order valence-electron chi connectivity index (χ2n) is 8.39. The minimum Gasteiger partial charge on any atom is -0.493 e. The number of hydrogen-bond acceptors (Lipinski definition) is 7. The fourth-order valence-corrected chi connectivity index (χ4v) is 4.58. The normalized spacial score (nSPS) is 13.9. The summed E-state index contributed by atoms with van der Waals surface area (Å²) in [4.78, 5) is 51.0. The molecule has 4 rings (SSSR count). The molecule has 0 atom stereocenters. The number of aryl methyl sites for hydroxylation is 1. The zero-order valence-corrected chi connectivity index (χ0v) is 22.6. The summed E-state index contributed by atoms with van der Waals surface area (Å²) < 4.78 is 11.0. The molecule has 0 radical (unpaired) electrons. The Labute approximate surface area is 234 Å². The molecule has 1 heterocycles. The number of amides is 4. The van der Waals surface area contributed by atoms with Gasteiger partial charge in [-0.1, -0.05) is 41.9 Å². The molecule has 39 heavy (non-hydrogen) atoms. The Kier molecular flexibility index (Phi) is 8.90. The van der Waals surface area contributed by atoms with Crippen LogP contribution in [0.25, 0.3) is 6.08 Å². The van der Waals surface area contributed by atoms with E-state index in [1.54, 1.807) is 48.5 Å². The number of para-hydroxylation sites is 1. The van der Waals surface area contributed by atoms with Crippen molar-refractivity contribution < 1.29 is 28.7 Å². The maximum absolute atomic E-state index is 12.9. The summed E-state index contributed by atoms with van der Waals surface area (Å²) in [7, 11) is 1.45. The van der Waals surface area contributed by atoms with E-state index >= 15 is 0 Å². The van der Waals surface area contributed by atoms with Crippen molar-refractivity contribution in [1.82, 2.24) is 4.90 Å². The number of hydrogen-bond donors (Lipinski definition) is 2. The second-order valence-corrected chi connectivity index (χ2v) is 9.79. The molecule has 9 nitrogen and oxygen atoms in total. The Balaban J connectivity index is 1.38. The minimum absolute atomic E-state index is 0.157. The van der Waals surface area contributed by atoms with E-state index in [0.29, 0.717) is 33.5 Å². The van der Waals surface area contributed by atoms with Gasteiger partial charge in [-0.3, -0.25) is 24.1 Å². The highest BCUT2D eigenvalue weighted by Crippen LogP contribution is 2.34. The number of nitrogens with zero attached hydrogens (tertiary/aromatic N) is 1. The number of methoxy groups -OCH3 is 1. The van der Waals surface area contributed by atoms with E-state index in [2.05, 4.69) is 10.6 Å². The maximum Gasteiger partial charge on any atom is 0.294 e. The number of carbonyl (C=O) groups excluding carboxylic acids is 4. The van der Waals surface area contributed by atoms with E-state index in [4.69, 9.17) is 21.1 Å². The molecule has 1 saturated heterocycles. The second kappa shape index (κ2) is 12.5. The first kappa shape index (κ1) is 27.7. The maximum atomic E-state index is 12.9. The summed E-state index contributed by atoms with van der Waals surface area (Å²) in [6, 6.07) is 18.9. The summed E-state index contributed by atoms with van der Waals surface area (Å²) in [6.45, 7) is 1.16. The molecule has 1 aliphatic rings. The molecule has 1 aliphatic heterocycles. The predicted molar refractivity (Wildman–Crippen MR) is 151 cm³/mol. The molecule has 1 fully saturated rings. The van der Waals surface area contributed by atoms with Crippen molar-refractivity contribution in [3.63, 3.8) is 0 Å². The standard InChI is InChI=1S/C28H24ClN3O6S/c1-17-8-10-20(14-21(17)29)31-25(33)15-32-27(35)24(39-28(32)36)13-18-9-11-22(23(12-18)37-2)38-16-26(34)30-19-6-4-3-5-7-19/h3-14H,15-16H2,1-2H3,(H,30,34)(H,31,33)/b24-13-. The average molecular weight is 566 g/mol. The molecule has 0 aliphatic carbocycles. The van der Waals surface area contributed by atoms with Crippen molar-refractivity contribution in [1.29, 1.82) is 0 Å². The monoisotopic (exact) mass is 565 g/mol. The van der Waals surface area contributed by atoms with E-state index in [0.717, 1.165) is 22.2 Å². The lowest BCUT2D eigenvalue weighted by atomic mass is 10.2. The highest BCUT2D eigenvalue weighted by molar-refractivity contribution is 8.18. The van der Waals surface area contributed by atoms with Crippen molar-refractivity contribution in [2.45, 2.75) is 6.92 Å². The van der Waals surface area contributed by atoms with Crippen LogP contribution in [0.4, 0.5) is 16.2 Å². The molecule has 3 aromatic rings. The number of nitrogens with one attached hydrogen (secondary N) is 2. The third kappa shape index (κ3) is 7.18. The van der Waals surface area contributed by atoms with Crippen molar-refractivity contribution in [2.24, 2.45) is 0 Å². The lowest BCUT2D eigenvalue weighted by Crippen LogP contribution is -2.36. The van der Waals surface area contributed by atoms with Crippen LogP contribution in [0.3, 0.4) is 0 Å². The van der Waals surface area contributed by atoms with Gasteiger partial charge in [-0.25, -0.2) is 0 Å². The summed E-state index contributed by atoms with van der Waals surface area (Å²) >= 11 is 6.82. The number of rotatable bonds is 9. The van der Waals surface area contributed by atoms with Crippen molar-refractivity contribution in [2.75, 3.05) is 30.9 Å². The van der Waals surface area contributed by atoms with E-state index < -0.39 is 23.6 Å². The number of anilines is 2. The van der Waals surface area contributed by atoms with E-state index in [1.165, 1.54) is 13.2 Å². The van der Waals surface area contributed by atoms with E-state index in [9.17, 15) is 19.2 Å². The van der Waals surface area contributed by atoms with Crippen LogP contribution in [0.2, 0.25) is 5.02 Å². The summed E-state index contributed by atoms with van der Waals surface area (Å²) in [5.74, 6) is -0.780. The Hall–Kier alpha value is -4.28. The van der Waals surface area contributed by atoms with Crippen molar-refractivity contribution in [3.8, 4) is 11.5 Å². The Morgan fingerprint density at radius 3 is 2.41 bits per heavy atom. The SMILES string of the molecule is COc1cc(/C=C2\SC(=O)N(CC(=O)Nc3ccc(C)c(Cl)c3)C2=O)ccc1OCC(=O)Nc1ccccc1. The number of benzene rings is 3. The van der Waals surface area contributed by atoms with Crippen LogP contribution in [0, 0.1) is 6.92 Å². The topological polar surface area (TPSA) is 114 Å². The Morgan fingerprint density at radius 1 is 0.949 bits per heavy atom. The van der Waals surface area contributed by atoms with Gasteiger partial charge in [0.25, 0.3) is 17.1 Å². The third-order valence-electron chi connectivity index (χ3n) is 5.53. The molecule has 3 aromatic carbocycles. The van der Waals surface area contributed by atoms with Crippen molar-refractivity contribution in [3.05, 3.63) is 87.8 Å². The molecule has 11 heteroatoms. The highest BCUT2D eigenvalue weighted by Gasteiger charge is 2.36. The molecule has 2 N–H and O–H groups in total. The van der Waals surface area contributed by atoms with Gasteiger partial charge in [0, 0.05) is 16.4 Å². The van der Waals surface area contributed by atoms with Crippen LogP contribution in [0.15, 0.2) is 71.6 Å². The molecule has 0 spiro atoms. The molecule has 0 bridgehead atoms. The highest BCUT2D eigenvalue weighted by atomic mass is 35.5. The zero-order chi connectivity index (χ0) is 27.9. The van der Waals surface area contributed by atoms with Crippen LogP contribution in [0.1, 0.15) is 11.1 Å². The van der Waals surface area contributed by atoms with E-state index in [-0.39, 0.29) is 17.4 Å². The van der Waals surface area contributed by atoms with Gasteiger partial charge >= 0.3 is 0 Å². The number of ether oxygens (including phenoxy) is 2. The molecule has 4 amide bonds. The third-order valence-corrected chi connectivity index (χ3v) is 6.85. The summed E-state index contributed by atoms with van der Waals surface area (Å²) in [5, 5.41) is 5.30. The fourth-order valence-electron chi connectivity index (χ4n) is 3.56. The number of thioether (sulfide) groups is 1. The van der Waals surface area contributed by atoms with Gasteiger partial charge in [0.15, 0.2) is 18.1 Å². The minimum atomic E-state index is -0.584. The molecular formula is C28H24ClN3O6S. The summed E-state index contributed by atoms with van der Waals surface area (Å²) in [6.07, 6.45) is 1.52. The first-order chi connectivity index (χ1) is 18.7. The average Bonchev–Trinajstić information content (AvgIpc) is 3.17.